The maximum Gasteiger partial charge on any atom is 0.312 e. The van der Waals surface area contributed by atoms with Gasteiger partial charge in [-0.05, 0) is 0 Å². The van der Waals surface area contributed by atoms with E-state index in [4.69, 9.17) is 0 Å². The molecule has 0 radical (unpaired) electrons. The molecule has 1 heterocycles. The minimum Gasteiger partial charge on any atom is -0.469 e. The highest BCUT2D eigenvalue weighted by molar-refractivity contribution is 7.99. The summed E-state index contributed by atoms with van der Waals surface area (Å²) < 4.78 is 17.1. The standard InChI is InChI=1S/C6H9FO2S/c1-9-6(8)4-2-10-3-5(4)7/h4-5H,2-3H2,1H3. The first-order valence-corrected chi connectivity index (χ1v) is 4.21. The maximum absolute atomic E-state index is 12.7. The molecule has 0 amide bonds. The lowest BCUT2D eigenvalue weighted by Crippen LogP contribution is -2.24. The molecule has 0 aliphatic carbocycles. The number of esters is 1. The average molecular weight is 164 g/mol. The third-order valence-electron chi connectivity index (χ3n) is 1.52. The van der Waals surface area contributed by atoms with Crippen molar-refractivity contribution >= 4 is 17.7 Å². The molecule has 4 heteroatoms. The zero-order valence-corrected chi connectivity index (χ0v) is 6.49. The summed E-state index contributed by atoms with van der Waals surface area (Å²) in [5, 5.41) is 0. The predicted molar refractivity (Wildman–Crippen MR) is 37.7 cm³/mol. The fourth-order valence-corrected chi connectivity index (χ4v) is 2.09. The lowest BCUT2D eigenvalue weighted by Gasteiger charge is -2.07. The molecule has 0 N–H and O–H groups in total. The first-order valence-electron chi connectivity index (χ1n) is 3.05. The molecule has 0 bridgehead atoms. The van der Waals surface area contributed by atoms with Crippen LogP contribution in [0.3, 0.4) is 0 Å². The van der Waals surface area contributed by atoms with Crippen molar-refractivity contribution in [3.8, 4) is 0 Å². The van der Waals surface area contributed by atoms with Gasteiger partial charge in [0.15, 0.2) is 0 Å². The highest BCUT2D eigenvalue weighted by Crippen LogP contribution is 2.27. The number of hydrogen-bond acceptors (Lipinski definition) is 3. The molecule has 1 saturated heterocycles. The Hall–Kier alpha value is -0.250. The first kappa shape index (κ1) is 7.85. The Morgan fingerprint density at radius 2 is 2.40 bits per heavy atom. The smallest absolute Gasteiger partial charge is 0.312 e. The molecule has 58 valence electrons. The lowest BCUT2D eigenvalue weighted by molar-refractivity contribution is -0.146. The van der Waals surface area contributed by atoms with Crippen molar-refractivity contribution in [2.45, 2.75) is 6.17 Å². The van der Waals surface area contributed by atoms with Crippen LogP contribution in [0.2, 0.25) is 0 Å². The van der Waals surface area contributed by atoms with E-state index >= 15 is 0 Å². The van der Waals surface area contributed by atoms with Crippen LogP contribution in [0.1, 0.15) is 0 Å². The number of halogens is 1. The molecule has 1 rings (SSSR count). The summed E-state index contributed by atoms with van der Waals surface area (Å²) in [6.07, 6.45) is -1.00. The molecule has 2 nitrogen and oxygen atoms in total. The van der Waals surface area contributed by atoms with E-state index < -0.39 is 18.1 Å². The van der Waals surface area contributed by atoms with Gasteiger partial charge in [-0.25, -0.2) is 4.39 Å². The molecule has 2 atom stereocenters. The number of rotatable bonds is 1. The molecule has 0 saturated carbocycles. The van der Waals surface area contributed by atoms with Gasteiger partial charge in [0.1, 0.15) is 6.17 Å². The molecule has 0 aromatic carbocycles. The molecule has 1 fully saturated rings. The number of alkyl halides is 1. The van der Waals surface area contributed by atoms with E-state index in [9.17, 15) is 9.18 Å². The summed E-state index contributed by atoms with van der Waals surface area (Å²) in [5.74, 6) is 0.0562. The zero-order valence-electron chi connectivity index (χ0n) is 5.67. The first-order chi connectivity index (χ1) is 4.75. The number of thioether (sulfide) groups is 1. The molecular formula is C6H9FO2S. The summed E-state index contributed by atoms with van der Waals surface area (Å²) in [6, 6.07) is 0. The van der Waals surface area contributed by atoms with Gasteiger partial charge in [0, 0.05) is 11.5 Å². The van der Waals surface area contributed by atoms with Gasteiger partial charge in [0.2, 0.25) is 0 Å². The van der Waals surface area contributed by atoms with E-state index in [1.165, 1.54) is 18.9 Å². The summed E-state index contributed by atoms with van der Waals surface area (Å²) in [4.78, 5) is 10.7. The zero-order chi connectivity index (χ0) is 7.56. The van der Waals surface area contributed by atoms with Crippen molar-refractivity contribution < 1.29 is 13.9 Å². The monoisotopic (exact) mass is 164 g/mol. The Balaban J connectivity index is 2.46. The van der Waals surface area contributed by atoms with Gasteiger partial charge >= 0.3 is 5.97 Å². The fourth-order valence-electron chi connectivity index (χ4n) is 0.895. The maximum atomic E-state index is 12.7. The molecule has 2 unspecified atom stereocenters. The van der Waals surface area contributed by atoms with Crippen molar-refractivity contribution in [1.29, 1.82) is 0 Å². The van der Waals surface area contributed by atoms with Crippen LogP contribution >= 0.6 is 11.8 Å². The van der Waals surface area contributed by atoms with Crippen molar-refractivity contribution in [3.05, 3.63) is 0 Å². The predicted octanol–water partition coefficient (Wildman–Crippen LogP) is 0.860. The van der Waals surface area contributed by atoms with Crippen LogP contribution in [0.15, 0.2) is 0 Å². The highest BCUT2D eigenvalue weighted by atomic mass is 32.2. The van der Waals surface area contributed by atoms with Gasteiger partial charge in [-0.15, -0.1) is 0 Å². The molecule has 1 aliphatic rings. The minimum atomic E-state index is -1.00. The third kappa shape index (κ3) is 1.42. The van der Waals surface area contributed by atoms with Crippen LogP contribution in [0.5, 0.6) is 0 Å². The summed E-state index contributed by atoms with van der Waals surface area (Å²) >= 11 is 1.46. The van der Waals surface area contributed by atoms with Crippen LogP contribution in [-0.4, -0.2) is 30.8 Å². The van der Waals surface area contributed by atoms with Crippen LogP contribution < -0.4 is 0 Å². The van der Waals surface area contributed by atoms with Gasteiger partial charge in [-0.3, -0.25) is 4.79 Å². The summed E-state index contributed by atoms with van der Waals surface area (Å²) in [5.41, 5.74) is 0. The normalized spacial score (nSPS) is 32.2. The highest BCUT2D eigenvalue weighted by Gasteiger charge is 2.34. The number of carbonyl (C=O) groups is 1. The molecule has 1 aliphatic heterocycles. The van der Waals surface area contributed by atoms with E-state index in [0.717, 1.165) is 0 Å². The summed E-state index contributed by atoms with van der Waals surface area (Å²) in [6.45, 7) is 0. The SMILES string of the molecule is COC(=O)C1CSCC1F. The second kappa shape index (κ2) is 3.23. The minimum absolute atomic E-state index is 0.419. The molecule has 0 aromatic heterocycles. The quantitative estimate of drug-likeness (QED) is 0.538. The topological polar surface area (TPSA) is 26.3 Å². The largest absolute Gasteiger partial charge is 0.469 e. The Morgan fingerprint density at radius 3 is 2.80 bits per heavy atom. The lowest BCUT2D eigenvalue weighted by atomic mass is 10.1. The van der Waals surface area contributed by atoms with Gasteiger partial charge in [-0.1, -0.05) is 0 Å². The number of hydrogen-bond donors (Lipinski definition) is 0. The Bertz CT molecular complexity index is 140. The van der Waals surface area contributed by atoms with Crippen LogP contribution in [-0.2, 0) is 9.53 Å². The number of ether oxygens (including phenoxy) is 1. The number of methoxy groups -OCH3 is 1. The van der Waals surface area contributed by atoms with Crippen molar-refractivity contribution in [2.75, 3.05) is 18.6 Å². The molecule has 10 heavy (non-hydrogen) atoms. The molecule has 0 aromatic rings. The van der Waals surface area contributed by atoms with Gasteiger partial charge in [0.25, 0.3) is 0 Å². The Kier molecular flexibility index (Phi) is 2.54. The second-order valence-corrected chi connectivity index (χ2v) is 3.26. The van der Waals surface area contributed by atoms with Crippen molar-refractivity contribution in [1.82, 2.24) is 0 Å². The fraction of sp³-hybridized carbons (Fsp3) is 0.833. The second-order valence-electron chi connectivity index (χ2n) is 2.18. The molecule has 0 spiro atoms. The van der Waals surface area contributed by atoms with E-state index in [2.05, 4.69) is 4.74 Å². The van der Waals surface area contributed by atoms with E-state index in [-0.39, 0.29) is 0 Å². The van der Waals surface area contributed by atoms with Gasteiger partial charge < -0.3 is 4.74 Å². The Morgan fingerprint density at radius 1 is 1.70 bits per heavy atom. The van der Waals surface area contributed by atoms with Crippen LogP contribution in [0.25, 0.3) is 0 Å². The Labute approximate surface area is 63.1 Å². The van der Waals surface area contributed by atoms with E-state index in [1.807, 2.05) is 0 Å². The number of carbonyl (C=O) groups excluding carboxylic acids is 1. The third-order valence-corrected chi connectivity index (χ3v) is 2.66. The van der Waals surface area contributed by atoms with Gasteiger partial charge in [0.05, 0.1) is 13.0 Å². The molecular weight excluding hydrogens is 155 g/mol. The average Bonchev–Trinajstić information content (AvgIpc) is 2.34. The van der Waals surface area contributed by atoms with Crippen molar-refractivity contribution in [3.63, 3.8) is 0 Å². The van der Waals surface area contributed by atoms with E-state index in [1.54, 1.807) is 0 Å². The van der Waals surface area contributed by atoms with Crippen LogP contribution in [0, 0.1) is 5.92 Å². The summed E-state index contributed by atoms with van der Waals surface area (Å²) in [7, 11) is 1.29. The van der Waals surface area contributed by atoms with E-state index in [0.29, 0.717) is 11.5 Å². The van der Waals surface area contributed by atoms with Gasteiger partial charge in [-0.2, -0.15) is 11.8 Å². The van der Waals surface area contributed by atoms with Crippen molar-refractivity contribution in [2.24, 2.45) is 5.92 Å². The van der Waals surface area contributed by atoms with Crippen LogP contribution in [0.4, 0.5) is 4.39 Å².